The van der Waals surface area contributed by atoms with Crippen LogP contribution in [-0.4, -0.2) is 76.9 Å². The van der Waals surface area contributed by atoms with Gasteiger partial charge >= 0.3 is 6.03 Å². The maximum Gasteiger partial charge on any atom is 0.333 e. The van der Waals surface area contributed by atoms with Crippen molar-refractivity contribution in [1.29, 1.82) is 0 Å². The number of nitrogens with one attached hydrogen (secondary N) is 2. The molecule has 2 aromatic heterocycles. The summed E-state index contributed by atoms with van der Waals surface area (Å²) in [6.07, 6.45) is 7.04. The average molecular weight is 526 g/mol. The van der Waals surface area contributed by atoms with E-state index in [0.29, 0.717) is 11.5 Å². The van der Waals surface area contributed by atoms with Crippen LogP contribution in [-0.2, 0) is 0 Å². The van der Waals surface area contributed by atoms with E-state index in [1.165, 1.54) is 12.1 Å². The maximum atomic E-state index is 12.4. The molecule has 0 radical (unpaired) electrons. The van der Waals surface area contributed by atoms with Crippen LogP contribution in [0.5, 0.6) is 0 Å². The quantitative estimate of drug-likeness (QED) is 0.363. The summed E-state index contributed by atoms with van der Waals surface area (Å²) in [5, 5.41) is 9.42. The van der Waals surface area contributed by atoms with Crippen molar-refractivity contribution in [2.24, 2.45) is 0 Å². The lowest BCUT2D eigenvalue weighted by Crippen LogP contribution is -2.46. The molecular weight excluding hydrogens is 490 g/mol. The largest absolute Gasteiger partial charge is 0.383 e. The van der Waals surface area contributed by atoms with Crippen molar-refractivity contribution in [1.82, 2.24) is 29.9 Å². The number of carbonyl (C=O) groups is 1. The number of hydrazine groups is 1. The molecule has 2 amide bonds. The summed E-state index contributed by atoms with van der Waals surface area (Å²) >= 11 is 0. The Labute approximate surface area is 228 Å². The molecule has 10 heteroatoms. The van der Waals surface area contributed by atoms with Gasteiger partial charge in [0.05, 0.1) is 6.20 Å². The van der Waals surface area contributed by atoms with E-state index in [1.807, 2.05) is 35.5 Å². The van der Waals surface area contributed by atoms with Crippen LogP contribution in [0.15, 0.2) is 60.9 Å². The molecule has 6 rings (SSSR count). The molecule has 0 spiro atoms. The van der Waals surface area contributed by atoms with E-state index in [2.05, 4.69) is 57.0 Å². The number of hydrogen-bond acceptors (Lipinski definition) is 7. The molecular formula is C29H35N9O. The zero-order valence-electron chi connectivity index (χ0n) is 22.3. The number of aromatic nitrogens is 3. The van der Waals surface area contributed by atoms with Gasteiger partial charge in [-0.3, -0.25) is 5.43 Å². The third kappa shape index (κ3) is 5.39. The highest BCUT2D eigenvalue weighted by Gasteiger charge is 2.17. The molecule has 2 saturated heterocycles. The van der Waals surface area contributed by atoms with Gasteiger partial charge in [0.2, 0.25) is 0 Å². The van der Waals surface area contributed by atoms with Crippen molar-refractivity contribution in [2.45, 2.75) is 19.3 Å². The van der Waals surface area contributed by atoms with Crippen LogP contribution in [0, 0.1) is 0 Å². The predicted octanol–water partition coefficient (Wildman–Crippen LogP) is 3.92. The van der Waals surface area contributed by atoms with E-state index >= 15 is 0 Å². The fourth-order valence-electron chi connectivity index (χ4n) is 5.33. The smallest absolute Gasteiger partial charge is 0.333 e. The molecule has 2 aliphatic rings. The molecule has 202 valence electrons. The molecule has 0 unspecified atom stereocenters. The van der Waals surface area contributed by atoms with Gasteiger partial charge in [-0.15, -0.1) is 0 Å². The van der Waals surface area contributed by atoms with Gasteiger partial charge in [-0.1, -0.05) is 30.7 Å². The third-order valence-corrected chi connectivity index (χ3v) is 7.68. The summed E-state index contributed by atoms with van der Waals surface area (Å²) < 4.78 is 1.69. The van der Waals surface area contributed by atoms with Crippen molar-refractivity contribution in [2.75, 3.05) is 62.3 Å². The molecule has 0 bridgehead atoms. The highest BCUT2D eigenvalue weighted by molar-refractivity contribution is 5.89. The lowest BCUT2D eigenvalue weighted by atomic mass is 10.1. The zero-order chi connectivity index (χ0) is 26.8. The highest BCUT2D eigenvalue weighted by Crippen LogP contribution is 2.31. The molecule has 4 heterocycles. The molecule has 0 aliphatic carbocycles. The second kappa shape index (κ2) is 10.9. The van der Waals surface area contributed by atoms with Gasteiger partial charge in [0.25, 0.3) is 0 Å². The minimum absolute atomic E-state index is 0.229. The highest BCUT2D eigenvalue weighted by atomic mass is 16.2. The molecule has 2 aromatic carbocycles. The Morgan fingerprint density at radius 3 is 2.21 bits per heavy atom. The second-order valence-electron chi connectivity index (χ2n) is 10.4. The molecule has 0 saturated carbocycles. The van der Waals surface area contributed by atoms with Crippen molar-refractivity contribution in [3.05, 3.63) is 60.9 Å². The minimum Gasteiger partial charge on any atom is -0.383 e. The Balaban J connectivity index is 1.16. The van der Waals surface area contributed by atoms with Crippen LogP contribution < -0.4 is 21.4 Å². The fourth-order valence-corrected chi connectivity index (χ4v) is 5.33. The Morgan fingerprint density at radius 1 is 0.821 bits per heavy atom. The van der Waals surface area contributed by atoms with Gasteiger partial charge in [0.15, 0.2) is 5.65 Å². The number of amides is 2. The van der Waals surface area contributed by atoms with Gasteiger partial charge in [-0.05, 0) is 55.3 Å². The first-order valence-corrected chi connectivity index (χ1v) is 13.6. The number of hydrogen-bond donors (Lipinski definition) is 3. The third-order valence-electron chi connectivity index (χ3n) is 7.68. The van der Waals surface area contributed by atoms with Crippen LogP contribution in [0.1, 0.15) is 19.3 Å². The predicted molar refractivity (Wildman–Crippen MR) is 156 cm³/mol. The molecule has 2 aliphatic heterocycles. The summed E-state index contributed by atoms with van der Waals surface area (Å²) in [5.41, 5.74) is 15.8. The van der Waals surface area contributed by atoms with Crippen LogP contribution in [0.2, 0.25) is 0 Å². The number of nitrogens with zero attached hydrogens (tertiary/aromatic N) is 6. The van der Waals surface area contributed by atoms with E-state index in [0.717, 1.165) is 80.0 Å². The van der Waals surface area contributed by atoms with Gasteiger partial charge in [0, 0.05) is 68.0 Å². The average Bonchev–Trinajstić information content (AvgIpc) is 3.40. The van der Waals surface area contributed by atoms with Crippen molar-refractivity contribution < 1.29 is 4.79 Å². The van der Waals surface area contributed by atoms with Gasteiger partial charge in [0.1, 0.15) is 5.82 Å². The first-order valence-electron chi connectivity index (χ1n) is 13.6. The van der Waals surface area contributed by atoms with Crippen molar-refractivity contribution >= 4 is 28.9 Å². The number of piperidine rings is 1. The summed E-state index contributed by atoms with van der Waals surface area (Å²) in [5.74, 6) is 0.517. The number of urea groups is 1. The molecule has 4 aromatic rings. The molecule has 0 atom stereocenters. The summed E-state index contributed by atoms with van der Waals surface area (Å²) in [6, 6.07) is 16.0. The van der Waals surface area contributed by atoms with E-state index < -0.39 is 0 Å². The Hall–Kier alpha value is -4.15. The molecule has 2 fully saturated rings. The number of likely N-dealkylation sites (N-methyl/N-ethyl adjacent to an activating group) is 1. The number of nitrogens with two attached hydrogens (primary N) is 1. The topological polar surface area (TPSA) is 107 Å². The first-order chi connectivity index (χ1) is 19.0. The van der Waals surface area contributed by atoms with Gasteiger partial charge in [-0.25, -0.2) is 14.8 Å². The van der Waals surface area contributed by atoms with Gasteiger partial charge < -0.3 is 20.9 Å². The molecule has 4 N–H and O–H groups in total. The van der Waals surface area contributed by atoms with E-state index in [1.54, 1.807) is 10.7 Å². The minimum atomic E-state index is -0.229. The number of nitrogen functional groups attached to an aromatic ring is 1. The fraction of sp³-hybridized carbons (Fsp3) is 0.345. The Morgan fingerprint density at radius 2 is 1.49 bits per heavy atom. The standard InChI is InChI=1S/C29H35N9O/c1-35-15-17-36(18-16-35)24-11-7-22(8-12-24)26-20-32-38-27(30)25(19-31-28(26)38)21-5-9-23(10-6-21)33-29(39)34-37-13-3-2-4-14-37/h5-12,19-20H,2-4,13-18,30H2,1H3,(H2,33,34,39). The van der Waals surface area contributed by atoms with E-state index in [4.69, 9.17) is 10.7 Å². The van der Waals surface area contributed by atoms with Gasteiger partial charge in [-0.2, -0.15) is 9.61 Å². The lowest BCUT2D eigenvalue weighted by molar-refractivity contribution is 0.162. The SMILES string of the molecule is CN1CCN(c2ccc(-c3cnn4c(N)c(-c5ccc(NC(=O)NN6CCCCC6)cc5)cnc34)cc2)CC1. The lowest BCUT2D eigenvalue weighted by Gasteiger charge is -2.34. The maximum absolute atomic E-state index is 12.4. The number of benzene rings is 2. The summed E-state index contributed by atoms with van der Waals surface area (Å²) in [4.78, 5) is 21.9. The first kappa shape index (κ1) is 25.1. The van der Waals surface area contributed by atoms with Crippen LogP contribution in [0.4, 0.5) is 22.0 Å². The normalized spacial score (nSPS) is 16.9. The molecule has 10 nitrogen and oxygen atoms in total. The number of carbonyl (C=O) groups excluding carboxylic acids is 1. The molecule has 39 heavy (non-hydrogen) atoms. The number of piperazine rings is 1. The van der Waals surface area contributed by atoms with Crippen LogP contribution in [0.3, 0.4) is 0 Å². The van der Waals surface area contributed by atoms with Crippen molar-refractivity contribution in [3.8, 4) is 22.3 Å². The number of rotatable bonds is 5. The van der Waals surface area contributed by atoms with E-state index in [9.17, 15) is 4.79 Å². The van der Waals surface area contributed by atoms with Crippen LogP contribution >= 0.6 is 0 Å². The summed E-state index contributed by atoms with van der Waals surface area (Å²) in [6.45, 7) is 6.01. The monoisotopic (exact) mass is 525 g/mol. The Bertz CT molecular complexity index is 1430. The zero-order valence-corrected chi connectivity index (χ0v) is 22.3. The van der Waals surface area contributed by atoms with Crippen molar-refractivity contribution in [3.63, 3.8) is 0 Å². The van der Waals surface area contributed by atoms with E-state index in [-0.39, 0.29) is 6.03 Å². The Kier molecular flexibility index (Phi) is 7.04. The second-order valence-corrected chi connectivity index (χ2v) is 10.4. The van der Waals surface area contributed by atoms with Crippen LogP contribution in [0.25, 0.3) is 27.9 Å². The summed E-state index contributed by atoms with van der Waals surface area (Å²) in [7, 11) is 2.17. The number of fused-ring (bicyclic) bond motifs is 1. The number of anilines is 3.